The average Bonchev–Trinajstić information content (AvgIpc) is 2.66. The fourth-order valence-corrected chi connectivity index (χ4v) is 3.45. The third kappa shape index (κ3) is 4.64. The molecule has 0 atom stereocenters. The summed E-state index contributed by atoms with van der Waals surface area (Å²) in [6.07, 6.45) is 3.13. The monoisotopic (exact) mass is 413 g/mol. The molecule has 0 unspecified atom stereocenters. The summed E-state index contributed by atoms with van der Waals surface area (Å²) in [6, 6.07) is 11.2. The fraction of sp³-hybridized carbons (Fsp3) is 0.190. The number of nitrogens with one attached hydrogen (secondary N) is 1. The van der Waals surface area contributed by atoms with Crippen LogP contribution in [-0.2, 0) is 4.79 Å². The van der Waals surface area contributed by atoms with Crippen molar-refractivity contribution in [2.75, 3.05) is 11.1 Å². The van der Waals surface area contributed by atoms with E-state index in [1.165, 1.54) is 4.57 Å². The molecule has 7 heteroatoms. The van der Waals surface area contributed by atoms with E-state index in [4.69, 9.17) is 11.6 Å². The molecule has 144 valence electrons. The normalized spacial score (nSPS) is 10.7. The van der Waals surface area contributed by atoms with E-state index in [0.29, 0.717) is 10.7 Å². The lowest BCUT2D eigenvalue weighted by molar-refractivity contribution is -0.113. The predicted molar refractivity (Wildman–Crippen MR) is 115 cm³/mol. The van der Waals surface area contributed by atoms with Crippen molar-refractivity contribution in [2.24, 2.45) is 0 Å². The van der Waals surface area contributed by atoms with E-state index < -0.39 is 0 Å². The Kier molecular flexibility index (Phi) is 6.21. The van der Waals surface area contributed by atoms with Crippen LogP contribution in [0.4, 0.5) is 5.69 Å². The van der Waals surface area contributed by atoms with Crippen molar-refractivity contribution in [3.8, 4) is 5.69 Å². The molecule has 1 N–H and O–H groups in total. The van der Waals surface area contributed by atoms with Crippen molar-refractivity contribution in [1.82, 2.24) is 9.55 Å². The molecule has 2 aromatic carbocycles. The third-order valence-corrected chi connectivity index (χ3v) is 5.74. The van der Waals surface area contributed by atoms with Crippen molar-refractivity contribution in [2.45, 2.75) is 25.8 Å². The number of hydrogen-bond donors (Lipinski definition) is 1. The zero-order valence-corrected chi connectivity index (χ0v) is 17.4. The number of aromatic nitrogens is 2. The molecule has 3 rings (SSSR count). The number of halogens is 1. The molecule has 0 saturated carbocycles. The Bertz CT molecular complexity index is 1100. The SMILES string of the molecule is Cc1ccc(NC(=O)CSc2nccn(-c3ccc(C)c(Cl)c3)c2=O)cc1C. The highest BCUT2D eigenvalue weighted by Crippen LogP contribution is 2.20. The minimum absolute atomic E-state index is 0.0911. The van der Waals surface area contributed by atoms with E-state index >= 15 is 0 Å². The maximum atomic E-state index is 12.7. The highest BCUT2D eigenvalue weighted by molar-refractivity contribution is 7.99. The van der Waals surface area contributed by atoms with Crippen molar-refractivity contribution in [1.29, 1.82) is 0 Å². The fourth-order valence-electron chi connectivity index (χ4n) is 2.58. The molecule has 0 bridgehead atoms. The number of hydrogen-bond acceptors (Lipinski definition) is 4. The summed E-state index contributed by atoms with van der Waals surface area (Å²) in [4.78, 5) is 29.1. The Hall–Kier alpha value is -2.57. The standard InChI is InChI=1S/C21H20ClN3O2S/c1-13-4-6-16(10-15(13)3)24-19(26)12-28-20-21(27)25(9-8-23-20)17-7-5-14(2)18(22)11-17/h4-11H,12H2,1-3H3,(H,24,26). The van der Waals surface area contributed by atoms with E-state index in [-0.39, 0.29) is 22.2 Å². The molecule has 28 heavy (non-hydrogen) atoms. The number of aryl methyl sites for hydroxylation is 3. The molecule has 0 aliphatic heterocycles. The molecule has 0 fully saturated rings. The van der Waals surface area contributed by atoms with Gasteiger partial charge in [0.25, 0.3) is 5.56 Å². The minimum atomic E-state index is -0.286. The topological polar surface area (TPSA) is 64.0 Å². The van der Waals surface area contributed by atoms with Gasteiger partial charge in [0.1, 0.15) is 0 Å². The molecule has 1 aromatic heterocycles. The van der Waals surface area contributed by atoms with Gasteiger partial charge in [-0.15, -0.1) is 0 Å². The lowest BCUT2D eigenvalue weighted by Gasteiger charge is -2.09. The van der Waals surface area contributed by atoms with Gasteiger partial charge in [-0.2, -0.15) is 0 Å². The molecule has 5 nitrogen and oxygen atoms in total. The van der Waals surface area contributed by atoms with Crippen LogP contribution in [0.3, 0.4) is 0 Å². The first-order valence-electron chi connectivity index (χ1n) is 8.69. The summed E-state index contributed by atoms with van der Waals surface area (Å²) in [5, 5.41) is 3.69. The summed E-state index contributed by atoms with van der Waals surface area (Å²) in [5.41, 5.74) is 4.31. The smallest absolute Gasteiger partial charge is 0.287 e. The van der Waals surface area contributed by atoms with Crippen molar-refractivity contribution in [3.05, 3.63) is 80.9 Å². The van der Waals surface area contributed by atoms with E-state index in [0.717, 1.165) is 34.1 Å². The molecule has 0 radical (unpaired) electrons. The zero-order chi connectivity index (χ0) is 20.3. The van der Waals surface area contributed by atoms with E-state index in [2.05, 4.69) is 10.3 Å². The molecular weight excluding hydrogens is 394 g/mol. The van der Waals surface area contributed by atoms with Crippen molar-refractivity contribution < 1.29 is 4.79 Å². The van der Waals surface area contributed by atoms with Crippen LogP contribution in [-0.4, -0.2) is 21.2 Å². The summed E-state index contributed by atoms with van der Waals surface area (Å²) in [5.74, 6) is -0.100. The van der Waals surface area contributed by atoms with Crippen LogP contribution in [0.5, 0.6) is 0 Å². The molecule has 0 aliphatic carbocycles. The van der Waals surface area contributed by atoms with Gasteiger partial charge >= 0.3 is 0 Å². The summed E-state index contributed by atoms with van der Waals surface area (Å²) in [7, 11) is 0. The highest BCUT2D eigenvalue weighted by atomic mass is 35.5. The second-order valence-electron chi connectivity index (χ2n) is 6.48. The van der Waals surface area contributed by atoms with Crippen LogP contribution in [0.25, 0.3) is 5.69 Å². The quantitative estimate of drug-likeness (QED) is 0.623. The largest absolute Gasteiger partial charge is 0.325 e. The summed E-state index contributed by atoms with van der Waals surface area (Å²) >= 11 is 7.28. The highest BCUT2D eigenvalue weighted by Gasteiger charge is 2.11. The number of thioether (sulfide) groups is 1. The molecule has 0 aliphatic rings. The van der Waals surface area contributed by atoms with Crippen LogP contribution in [0.15, 0.2) is 58.6 Å². The average molecular weight is 414 g/mol. The van der Waals surface area contributed by atoms with Gasteiger partial charge in [0.15, 0.2) is 5.03 Å². The van der Waals surface area contributed by atoms with Gasteiger partial charge in [0, 0.05) is 23.1 Å². The first kappa shape index (κ1) is 20.2. The Morgan fingerprint density at radius 1 is 1.11 bits per heavy atom. The second kappa shape index (κ2) is 8.63. The third-order valence-electron chi connectivity index (χ3n) is 4.37. The predicted octanol–water partition coefficient (Wildman–Crippen LogP) is 4.54. The Morgan fingerprint density at radius 3 is 2.57 bits per heavy atom. The maximum absolute atomic E-state index is 12.7. The zero-order valence-electron chi connectivity index (χ0n) is 15.8. The van der Waals surface area contributed by atoms with Crippen LogP contribution < -0.4 is 10.9 Å². The summed E-state index contributed by atoms with van der Waals surface area (Å²) in [6.45, 7) is 5.91. The van der Waals surface area contributed by atoms with Gasteiger partial charge < -0.3 is 5.32 Å². The Balaban J connectivity index is 1.72. The van der Waals surface area contributed by atoms with Crippen LogP contribution in [0, 0.1) is 20.8 Å². The van der Waals surface area contributed by atoms with Crippen LogP contribution in [0.1, 0.15) is 16.7 Å². The minimum Gasteiger partial charge on any atom is -0.325 e. The van der Waals surface area contributed by atoms with Gasteiger partial charge in [0.2, 0.25) is 5.91 Å². The number of rotatable bonds is 5. The van der Waals surface area contributed by atoms with Gasteiger partial charge in [0.05, 0.1) is 11.4 Å². The van der Waals surface area contributed by atoms with E-state index in [1.807, 2.05) is 51.1 Å². The van der Waals surface area contributed by atoms with Gasteiger partial charge in [-0.05, 0) is 61.7 Å². The number of amides is 1. The van der Waals surface area contributed by atoms with Crippen LogP contribution in [0.2, 0.25) is 5.02 Å². The van der Waals surface area contributed by atoms with Crippen LogP contribution >= 0.6 is 23.4 Å². The van der Waals surface area contributed by atoms with Gasteiger partial charge in [-0.3, -0.25) is 14.2 Å². The van der Waals surface area contributed by atoms with E-state index in [9.17, 15) is 9.59 Å². The first-order chi connectivity index (χ1) is 13.3. The second-order valence-corrected chi connectivity index (χ2v) is 7.85. The molecule has 0 spiro atoms. The number of carbonyl (C=O) groups excluding carboxylic acids is 1. The molecule has 1 heterocycles. The first-order valence-corrected chi connectivity index (χ1v) is 10.1. The summed E-state index contributed by atoms with van der Waals surface area (Å²) < 4.78 is 1.47. The van der Waals surface area contributed by atoms with Gasteiger partial charge in [-0.25, -0.2) is 4.98 Å². The van der Waals surface area contributed by atoms with E-state index in [1.54, 1.807) is 18.5 Å². The molecular formula is C21H20ClN3O2S. The lowest BCUT2D eigenvalue weighted by atomic mass is 10.1. The Morgan fingerprint density at radius 2 is 1.86 bits per heavy atom. The van der Waals surface area contributed by atoms with Gasteiger partial charge in [-0.1, -0.05) is 35.5 Å². The number of nitrogens with zero attached hydrogens (tertiary/aromatic N) is 2. The molecule has 0 saturated heterocycles. The number of benzene rings is 2. The van der Waals surface area contributed by atoms with Crippen molar-refractivity contribution in [3.63, 3.8) is 0 Å². The number of carbonyl (C=O) groups is 1. The van der Waals surface area contributed by atoms with Crippen molar-refractivity contribution >= 4 is 35.0 Å². The maximum Gasteiger partial charge on any atom is 0.287 e. The Labute approximate surface area is 172 Å². The lowest BCUT2D eigenvalue weighted by Crippen LogP contribution is -2.22. The molecule has 1 amide bonds. The number of anilines is 1. The molecule has 3 aromatic rings.